The van der Waals surface area contributed by atoms with Crippen molar-refractivity contribution in [3.05, 3.63) is 65.3 Å². The summed E-state index contributed by atoms with van der Waals surface area (Å²) in [4.78, 5) is 16.1. The lowest BCUT2D eigenvalue weighted by molar-refractivity contribution is -0.116. The van der Waals surface area contributed by atoms with Crippen LogP contribution in [0.2, 0.25) is 5.02 Å². The molecule has 122 valence electrons. The molecule has 24 heavy (non-hydrogen) atoms. The number of anilines is 1. The summed E-state index contributed by atoms with van der Waals surface area (Å²) in [6.07, 6.45) is 0.481. The second-order valence-corrected chi connectivity index (χ2v) is 5.51. The number of amides is 1. The quantitative estimate of drug-likeness (QED) is 0.756. The van der Waals surface area contributed by atoms with Crippen molar-refractivity contribution >= 4 is 23.2 Å². The molecule has 1 amide bonds. The molecule has 3 rings (SSSR count). The Hall–Kier alpha value is -2.73. The van der Waals surface area contributed by atoms with Gasteiger partial charge in [0.25, 0.3) is 0 Å². The molecule has 2 aromatic carbocycles. The molecule has 0 aliphatic carbocycles. The largest absolute Gasteiger partial charge is 0.339 e. The van der Waals surface area contributed by atoms with Crippen LogP contribution in [0.4, 0.5) is 10.1 Å². The molecule has 1 N–H and O–H groups in total. The van der Waals surface area contributed by atoms with Crippen LogP contribution in [0.15, 0.2) is 53.1 Å². The third-order valence-electron chi connectivity index (χ3n) is 3.24. The van der Waals surface area contributed by atoms with Crippen LogP contribution in [0.25, 0.3) is 11.4 Å². The summed E-state index contributed by atoms with van der Waals surface area (Å²) in [5, 5.41) is 7.13. The van der Waals surface area contributed by atoms with Crippen molar-refractivity contribution in [2.45, 2.75) is 12.8 Å². The number of aryl methyl sites for hydroxylation is 1. The van der Waals surface area contributed by atoms with Crippen LogP contribution in [0, 0.1) is 5.82 Å². The maximum Gasteiger partial charge on any atom is 0.227 e. The lowest BCUT2D eigenvalue weighted by Crippen LogP contribution is -2.12. The van der Waals surface area contributed by atoms with E-state index in [-0.39, 0.29) is 18.1 Å². The molecule has 3 aromatic rings. The first-order chi connectivity index (χ1) is 11.6. The number of halogens is 2. The first-order valence-corrected chi connectivity index (χ1v) is 7.62. The predicted octanol–water partition coefficient (Wildman–Crippen LogP) is 4.10. The van der Waals surface area contributed by atoms with Crippen LogP contribution < -0.4 is 5.32 Å². The fraction of sp³-hybridized carbons (Fsp3) is 0.118. The molecule has 0 aliphatic heterocycles. The molecule has 0 bridgehead atoms. The molecule has 1 heterocycles. The van der Waals surface area contributed by atoms with Gasteiger partial charge in [-0.25, -0.2) is 4.39 Å². The zero-order chi connectivity index (χ0) is 16.9. The van der Waals surface area contributed by atoms with E-state index in [9.17, 15) is 9.18 Å². The number of carbonyl (C=O) groups is 1. The summed E-state index contributed by atoms with van der Waals surface area (Å²) in [7, 11) is 0. The van der Waals surface area contributed by atoms with E-state index in [4.69, 9.17) is 16.1 Å². The minimum Gasteiger partial charge on any atom is -0.339 e. The van der Waals surface area contributed by atoms with Gasteiger partial charge in [-0.2, -0.15) is 4.98 Å². The topological polar surface area (TPSA) is 68.0 Å². The number of nitrogens with zero attached hydrogens (tertiary/aromatic N) is 2. The number of carbonyl (C=O) groups excluding carboxylic acids is 1. The van der Waals surface area contributed by atoms with Gasteiger partial charge >= 0.3 is 0 Å². The minimum atomic E-state index is -0.354. The Bertz CT molecular complexity index is 849. The van der Waals surface area contributed by atoms with Gasteiger partial charge in [-0.1, -0.05) is 28.9 Å². The SMILES string of the molecule is O=C(CCc1nc(-c2cccc(Cl)c2)no1)Nc1ccc(F)cc1. The standard InChI is InChI=1S/C17H13ClFN3O2/c18-12-3-1-2-11(10-12)17-21-16(24-22-17)9-8-15(23)20-14-6-4-13(19)5-7-14/h1-7,10H,8-9H2,(H,20,23). The molecule has 5 nitrogen and oxygen atoms in total. The Kier molecular flexibility index (Phi) is 4.86. The fourth-order valence-electron chi connectivity index (χ4n) is 2.08. The van der Waals surface area contributed by atoms with E-state index >= 15 is 0 Å². The monoisotopic (exact) mass is 345 g/mol. The van der Waals surface area contributed by atoms with Crippen LogP contribution >= 0.6 is 11.6 Å². The second kappa shape index (κ2) is 7.23. The maximum atomic E-state index is 12.8. The lowest BCUT2D eigenvalue weighted by atomic mass is 10.2. The first kappa shape index (κ1) is 16.1. The van der Waals surface area contributed by atoms with Gasteiger partial charge < -0.3 is 9.84 Å². The maximum absolute atomic E-state index is 12.8. The zero-order valence-electron chi connectivity index (χ0n) is 12.5. The minimum absolute atomic E-state index is 0.175. The molecule has 0 spiro atoms. The van der Waals surface area contributed by atoms with Gasteiger partial charge in [0.05, 0.1) is 0 Å². The van der Waals surface area contributed by atoms with Crippen LogP contribution in [0.3, 0.4) is 0 Å². The van der Waals surface area contributed by atoms with Crippen LogP contribution in [0.1, 0.15) is 12.3 Å². The summed E-state index contributed by atoms with van der Waals surface area (Å²) in [6, 6.07) is 12.7. The van der Waals surface area contributed by atoms with Crippen molar-refractivity contribution in [1.29, 1.82) is 0 Å². The van der Waals surface area contributed by atoms with Crippen molar-refractivity contribution in [3.63, 3.8) is 0 Å². The summed E-state index contributed by atoms with van der Waals surface area (Å²) < 4.78 is 18.0. The highest BCUT2D eigenvalue weighted by molar-refractivity contribution is 6.30. The molecular weight excluding hydrogens is 333 g/mol. The molecule has 0 aliphatic rings. The van der Waals surface area contributed by atoms with Crippen molar-refractivity contribution in [2.75, 3.05) is 5.32 Å². The van der Waals surface area contributed by atoms with E-state index in [1.165, 1.54) is 24.3 Å². The third kappa shape index (κ3) is 4.17. The molecule has 0 fully saturated rings. The molecular formula is C17H13ClFN3O2. The van der Waals surface area contributed by atoms with E-state index in [1.54, 1.807) is 18.2 Å². The van der Waals surface area contributed by atoms with Gasteiger partial charge in [0.2, 0.25) is 17.6 Å². The van der Waals surface area contributed by atoms with Gasteiger partial charge in [-0.3, -0.25) is 4.79 Å². The molecule has 0 saturated carbocycles. The van der Waals surface area contributed by atoms with Crippen LogP contribution in [0.5, 0.6) is 0 Å². The Morgan fingerprint density at radius 3 is 2.75 bits per heavy atom. The molecule has 0 radical (unpaired) electrons. The average Bonchev–Trinajstić information content (AvgIpc) is 3.04. The Balaban J connectivity index is 1.57. The van der Waals surface area contributed by atoms with E-state index in [0.717, 1.165) is 5.56 Å². The zero-order valence-corrected chi connectivity index (χ0v) is 13.3. The van der Waals surface area contributed by atoms with Crippen molar-refractivity contribution < 1.29 is 13.7 Å². The Labute approximate surface area is 142 Å². The van der Waals surface area contributed by atoms with Gasteiger partial charge in [-0.15, -0.1) is 0 Å². The van der Waals surface area contributed by atoms with Gasteiger partial charge in [0.1, 0.15) is 5.82 Å². The summed E-state index contributed by atoms with van der Waals surface area (Å²) in [5.41, 5.74) is 1.28. The highest BCUT2D eigenvalue weighted by Gasteiger charge is 2.11. The first-order valence-electron chi connectivity index (χ1n) is 7.24. The van der Waals surface area contributed by atoms with Crippen LogP contribution in [-0.4, -0.2) is 16.0 Å². The lowest BCUT2D eigenvalue weighted by Gasteiger charge is -2.03. The van der Waals surface area contributed by atoms with E-state index < -0.39 is 0 Å². The van der Waals surface area contributed by atoms with Crippen molar-refractivity contribution in [1.82, 2.24) is 10.1 Å². The molecule has 0 unspecified atom stereocenters. The van der Waals surface area contributed by atoms with E-state index in [0.29, 0.717) is 28.8 Å². The van der Waals surface area contributed by atoms with E-state index in [2.05, 4.69) is 15.5 Å². The Morgan fingerprint density at radius 2 is 2.00 bits per heavy atom. The highest BCUT2D eigenvalue weighted by Crippen LogP contribution is 2.20. The average molecular weight is 346 g/mol. The van der Waals surface area contributed by atoms with Gasteiger partial charge in [0.15, 0.2) is 0 Å². The van der Waals surface area contributed by atoms with E-state index in [1.807, 2.05) is 6.07 Å². The van der Waals surface area contributed by atoms with Gasteiger partial charge in [-0.05, 0) is 36.4 Å². The molecule has 1 aromatic heterocycles. The summed E-state index contributed by atoms with van der Waals surface area (Å²) in [6.45, 7) is 0. The van der Waals surface area contributed by atoms with Crippen molar-refractivity contribution in [3.8, 4) is 11.4 Å². The molecule has 0 atom stereocenters. The summed E-state index contributed by atoms with van der Waals surface area (Å²) >= 11 is 5.93. The fourth-order valence-corrected chi connectivity index (χ4v) is 2.27. The number of rotatable bonds is 5. The molecule has 0 saturated heterocycles. The highest BCUT2D eigenvalue weighted by atomic mass is 35.5. The third-order valence-corrected chi connectivity index (χ3v) is 3.48. The molecule has 7 heteroatoms. The number of hydrogen-bond donors (Lipinski definition) is 1. The smallest absolute Gasteiger partial charge is 0.227 e. The second-order valence-electron chi connectivity index (χ2n) is 5.08. The summed E-state index contributed by atoms with van der Waals surface area (Å²) in [5.74, 6) is 0.210. The normalized spacial score (nSPS) is 10.6. The Morgan fingerprint density at radius 1 is 1.21 bits per heavy atom. The number of aromatic nitrogens is 2. The van der Waals surface area contributed by atoms with Crippen LogP contribution in [-0.2, 0) is 11.2 Å². The predicted molar refractivity (Wildman–Crippen MR) is 88.1 cm³/mol. The van der Waals surface area contributed by atoms with Crippen molar-refractivity contribution in [2.24, 2.45) is 0 Å². The number of nitrogens with one attached hydrogen (secondary N) is 1. The number of benzene rings is 2. The number of hydrogen-bond acceptors (Lipinski definition) is 4. The van der Waals surface area contributed by atoms with Gasteiger partial charge in [0, 0.05) is 29.1 Å².